The van der Waals surface area contributed by atoms with Crippen LogP contribution >= 0.6 is 0 Å². The number of rotatable bonds is 4. The van der Waals surface area contributed by atoms with Gasteiger partial charge in [0.2, 0.25) is 5.82 Å². The molecule has 10 heteroatoms. The van der Waals surface area contributed by atoms with Crippen molar-refractivity contribution in [3.8, 4) is 11.5 Å². The number of amides is 2. The van der Waals surface area contributed by atoms with Gasteiger partial charge in [-0.2, -0.15) is 4.98 Å². The number of carbonyl (C=O) groups excluding carboxylic acids is 2. The highest BCUT2D eigenvalue weighted by Crippen LogP contribution is 2.39. The lowest BCUT2D eigenvalue weighted by Crippen LogP contribution is -2.30. The van der Waals surface area contributed by atoms with Gasteiger partial charge >= 0.3 is 5.97 Å². The normalized spacial score (nSPS) is 13.2. The van der Waals surface area contributed by atoms with E-state index < -0.39 is 23.6 Å². The standard InChI is InChI=1S/C13H10N4O6/c1-22-6-4-3-5-7(8(6)23-2)11(19)17(10(5)18)13-14-9(12(20)21)15-16-13/h3-4H,1-2H3,(H,20,21)(H,14,15,16). The first kappa shape index (κ1) is 14.5. The number of carbonyl (C=O) groups is 3. The minimum Gasteiger partial charge on any atom is -0.493 e. The van der Waals surface area contributed by atoms with Gasteiger partial charge in [0.15, 0.2) is 11.5 Å². The first-order valence-corrected chi connectivity index (χ1v) is 6.29. The molecule has 0 fully saturated rings. The summed E-state index contributed by atoms with van der Waals surface area (Å²) >= 11 is 0. The lowest BCUT2D eigenvalue weighted by molar-refractivity contribution is 0.0683. The topological polar surface area (TPSA) is 135 Å². The number of aromatic carboxylic acids is 1. The van der Waals surface area contributed by atoms with E-state index in [1.165, 1.54) is 26.4 Å². The molecule has 1 aliphatic heterocycles. The zero-order chi connectivity index (χ0) is 16.7. The Hall–Kier alpha value is -3.43. The van der Waals surface area contributed by atoms with Gasteiger partial charge in [0.25, 0.3) is 17.8 Å². The summed E-state index contributed by atoms with van der Waals surface area (Å²) in [6, 6.07) is 2.91. The molecule has 1 aromatic heterocycles. The summed E-state index contributed by atoms with van der Waals surface area (Å²) in [6.07, 6.45) is 0. The third kappa shape index (κ3) is 1.99. The monoisotopic (exact) mass is 318 g/mol. The molecule has 0 saturated heterocycles. The SMILES string of the molecule is COc1ccc2c(c1OC)C(=O)N(c1n[nH]c(C(=O)O)n1)C2=O. The molecule has 0 bridgehead atoms. The number of H-pyrrole nitrogens is 1. The predicted octanol–water partition coefficient (Wildman–Crippen LogP) is 0.321. The van der Waals surface area contributed by atoms with E-state index in [1.807, 2.05) is 0 Å². The number of imide groups is 1. The van der Waals surface area contributed by atoms with E-state index in [9.17, 15) is 14.4 Å². The first-order valence-electron chi connectivity index (χ1n) is 6.29. The second-order valence-electron chi connectivity index (χ2n) is 4.46. The molecule has 0 atom stereocenters. The summed E-state index contributed by atoms with van der Waals surface area (Å²) in [6.45, 7) is 0. The molecule has 2 heterocycles. The molecular formula is C13H10N4O6. The number of benzene rings is 1. The molecule has 2 N–H and O–H groups in total. The van der Waals surface area contributed by atoms with Crippen LogP contribution in [-0.4, -0.2) is 52.3 Å². The number of carboxylic acid groups (broad SMARTS) is 1. The van der Waals surface area contributed by atoms with Crippen LogP contribution in [0.4, 0.5) is 5.95 Å². The van der Waals surface area contributed by atoms with E-state index in [-0.39, 0.29) is 28.6 Å². The van der Waals surface area contributed by atoms with Crippen LogP contribution in [0.1, 0.15) is 31.3 Å². The molecule has 23 heavy (non-hydrogen) atoms. The van der Waals surface area contributed by atoms with Crippen molar-refractivity contribution in [2.24, 2.45) is 0 Å². The molecular weight excluding hydrogens is 308 g/mol. The van der Waals surface area contributed by atoms with Gasteiger partial charge < -0.3 is 14.6 Å². The Kier molecular flexibility index (Phi) is 3.21. The summed E-state index contributed by atoms with van der Waals surface area (Å²) in [4.78, 5) is 40.1. The van der Waals surface area contributed by atoms with Crippen LogP contribution in [0, 0.1) is 0 Å². The number of fused-ring (bicyclic) bond motifs is 1. The zero-order valence-electron chi connectivity index (χ0n) is 12.0. The van der Waals surface area contributed by atoms with E-state index in [4.69, 9.17) is 14.6 Å². The quantitative estimate of drug-likeness (QED) is 0.769. The molecule has 118 valence electrons. The number of nitrogens with zero attached hydrogens (tertiary/aromatic N) is 3. The van der Waals surface area contributed by atoms with E-state index in [1.54, 1.807) is 0 Å². The summed E-state index contributed by atoms with van der Waals surface area (Å²) < 4.78 is 10.3. The third-order valence-corrected chi connectivity index (χ3v) is 3.27. The van der Waals surface area contributed by atoms with Gasteiger partial charge in [-0.25, -0.2) is 9.69 Å². The van der Waals surface area contributed by atoms with Crippen LogP contribution in [0.2, 0.25) is 0 Å². The maximum absolute atomic E-state index is 12.6. The fourth-order valence-electron chi connectivity index (χ4n) is 2.27. The number of ether oxygens (including phenoxy) is 2. The van der Waals surface area contributed by atoms with Gasteiger partial charge in [0, 0.05) is 0 Å². The van der Waals surface area contributed by atoms with Gasteiger partial charge in [0.05, 0.1) is 25.3 Å². The average Bonchev–Trinajstić information content (AvgIpc) is 3.11. The van der Waals surface area contributed by atoms with E-state index in [2.05, 4.69) is 15.2 Å². The molecule has 10 nitrogen and oxygen atoms in total. The smallest absolute Gasteiger partial charge is 0.373 e. The zero-order valence-corrected chi connectivity index (χ0v) is 12.0. The van der Waals surface area contributed by atoms with Crippen LogP contribution in [0.15, 0.2) is 12.1 Å². The van der Waals surface area contributed by atoms with Crippen molar-refractivity contribution in [2.45, 2.75) is 0 Å². The van der Waals surface area contributed by atoms with Crippen molar-refractivity contribution in [3.05, 3.63) is 29.1 Å². The van der Waals surface area contributed by atoms with Gasteiger partial charge in [-0.3, -0.25) is 14.7 Å². The highest BCUT2D eigenvalue weighted by molar-refractivity contribution is 6.35. The number of anilines is 1. The molecule has 3 rings (SSSR count). The Labute approximate surface area is 128 Å². The third-order valence-electron chi connectivity index (χ3n) is 3.27. The van der Waals surface area contributed by atoms with Gasteiger partial charge in [-0.05, 0) is 12.1 Å². The lowest BCUT2D eigenvalue weighted by Gasteiger charge is -2.10. The highest BCUT2D eigenvalue weighted by Gasteiger charge is 2.42. The first-order chi connectivity index (χ1) is 11.0. The van der Waals surface area contributed by atoms with Crippen molar-refractivity contribution in [2.75, 3.05) is 19.1 Å². The highest BCUT2D eigenvalue weighted by atomic mass is 16.5. The Morgan fingerprint density at radius 3 is 2.52 bits per heavy atom. The number of hydrogen-bond donors (Lipinski definition) is 2. The fourth-order valence-corrected chi connectivity index (χ4v) is 2.27. The number of nitrogens with one attached hydrogen (secondary N) is 1. The van der Waals surface area contributed by atoms with Crippen molar-refractivity contribution < 1.29 is 29.0 Å². The largest absolute Gasteiger partial charge is 0.493 e. The van der Waals surface area contributed by atoms with Crippen LogP contribution in [-0.2, 0) is 0 Å². The summed E-state index contributed by atoms with van der Waals surface area (Å²) in [5.41, 5.74) is 0.104. The van der Waals surface area contributed by atoms with Crippen molar-refractivity contribution in [3.63, 3.8) is 0 Å². The Balaban J connectivity index is 2.11. The number of carboxylic acids is 1. The van der Waals surface area contributed by atoms with Crippen LogP contribution in [0.5, 0.6) is 11.5 Å². The Morgan fingerprint density at radius 1 is 1.22 bits per heavy atom. The summed E-state index contributed by atoms with van der Waals surface area (Å²) in [7, 11) is 2.74. The van der Waals surface area contributed by atoms with Crippen molar-refractivity contribution >= 4 is 23.7 Å². The maximum Gasteiger partial charge on any atom is 0.373 e. The van der Waals surface area contributed by atoms with Gasteiger partial charge in [-0.15, -0.1) is 5.10 Å². The van der Waals surface area contributed by atoms with Crippen LogP contribution in [0.3, 0.4) is 0 Å². The Morgan fingerprint density at radius 2 is 1.96 bits per heavy atom. The molecule has 0 aliphatic carbocycles. The predicted molar refractivity (Wildman–Crippen MR) is 74.0 cm³/mol. The Bertz CT molecular complexity index is 843. The lowest BCUT2D eigenvalue weighted by atomic mass is 10.1. The summed E-state index contributed by atoms with van der Waals surface area (Å²) in [5.74, 6) is -3.20. The molecule has 0 unspecified atom stereocenters. The maximum atomic E-state index is 12.6. The number of aromatic amines is 1. The molecule has 2 amide bonds. The second kappa shape index (κ2) is 5.09. The van der Waals surface area contributed by atoms with Crippen LogP contribution < -0.4 is 14.4 Å². The fraction of sp³-hybridized carbons (Fsp3) is 0.154. The minimum absolute atomic E-state index is 0.0125. The minimum atomic E-state index is -1.36. The molecule has 0 saturated carbocycles. The summed E-state index contributed by atoms with van der Waals surface area (Å²) in [5, 5.41) is 14.6. The number of methoxy groups -OCH3 is 2. The van der Waals surface area contributed by atoms with Gasteiger partial charge in [0.1, 0.15) is 0 Å². The second-order valence-corrected chi connectivity index (χ2v) is 4.46. The van der Waals surface area contributed by atoms with Crippen molar-refractivity contribution in [1.82, 2.24) is 15.2 Å². The molecule has 1 aliphatic rings. The van der Waals surface area contributed by atoms with E-state index in [0.29, 0.717) is 4.90 Å². The van der Waals surface area contributed by atoms with E-state index in [0.717, 1.165) is 0 Å². The molecule has 1 aromatic carbocycles. The number of hydrogen-bond acceptors (Lipinski definition) is 7. The van der Waals surface area contributed by atoms with Gasteiger partial charge in [-0.1, -0.05) is 0 Å². The molecule has 0 radical (unpaired) electrons. The number of aromatic nitrogens is 3. The molecule has 0 spiro atoms. The molecule has 2 aromatic rings. The van der Waals surface area contributed by atoms with E-state index >= 15 is 0 Å². The van der Waals surface area contributed by atoms with Crippen molar-refractivity contribution in [1.29, 1.82) is 0 Å². The van der Waals surface area contributed by atoms with Crippen LogP contribution in [0.25, 0.3) is 0 Å². The average molecular weight is 318 g/mol.